The minimum absolute atomic E-state index is 0.0210. The molecule has 0 aromatic carbocycles. The van der Waals surface area contributed by atoms with Gasteiger partial charge in [0.05, 0.1) is 0 Å². The summed E-state index contributed by atoms with van der Waals surface area (Å²) in [5.41, 5.74) is 0. The highest BCUT2D eigenvalue weighted by molar-refractivity contribution is 7.89. The number of rotatable bonds is 4. The summed E-state index contributed by atoms with van der Waals surface area (Å²) < 4.78 is 27.6. The van der Waals surface area contributed by atoms with E-state index in [9.17, 15) is 8.42 Å². The van der Waals surface area contributed by atoms with E-state index in [0.717, 1.165) is 12.8 Å². The van der Waals surface area contributed by atoms with Gasteiger partial charge in [-0.1, -0.05) is 26.7 Å². The van der Waals surface area contributed by atoms with Crippen LogP contribution in [-0.2, 0) is 10.0 Å². The Kier molecular flexibility index (Phi) is 4.65. The van der Waals surface area contributed by atoms with Crippen LogP contribution in [0.4, 0.5) is 5.82 Å². The van der Waals surface area contributed by atoms with E-state index in [-0.39, 0.29) is 10.9 Å². The molecule has 1 aliphatic carbocycles. The van der Waals surface area contributed by atoms with Crippen LogP contribution < -0.4 is 10.0 Å². The van der Waals surface area contributed by atoms with Crippen molar-refractivity contribution in [1.29, 1.82) is 0 Å². The second-order valence-electron chi connectivity index (χ2n) is 5.62. The van der Waals surface area contributed by atoms with Gasteiger partial charge in [-0.2, -0.15) is 0 Å². The molecular weight excluding hydrogens is 274 g/mol. The minimum atomic E-state index is -3.48. The summed E-state index contributed by atoms with van der Waals surface area (Å²) in [5, 5.41) is 2.87. The van der Waals surface area contributed by atoms with Crippen LogP contribution in [0.1, 0.15) is 33.1 Å². The lowest BCUT2D eigenvalue weighted by molar-refractivity contribution is 0.227. The van der Waals surface area contributed by atoms with Gasteiger partial charge < -0.3 is 5.32 Å². The Labute approximate surface area is 121 Å². The van der Waals surface area contributed by atoms with Crippen molar-refractivity contribution in [2.24, 2.45) is 11.8 Å². The molecule has 0 amide bonds. The second kappa shape index (κ2) is 6.10. The molecule has 0 radical (unpaired) electrons. The average molecular weight is 297 g/mol. The molecule has 112 valence electrons. The van der Waals surface area contributed by atoms with Crippen LogP contribution in [0, 0.1) is 11.8 Å². The molecular formula is C14H23N3O2S. The Morgan fingerprint density at radius 3 is 2.60 bits per heavy atom. The standard InChI is InChI=1S/C14H23N3O2S/c1-10-5-4-6-13(11(10)2)17-20(18,19)12-7-8-14(15-3)16-9-12/h7-11,13,17H,4-6H2,1-3H3,(H,15,16). The number of aromatic nitrogens is 1. The van der Waals surface area contributed by atoms with Crippen LogP contribution in [0.3, 0.4) is 0 Å². The number of hydrogen-bond acceptors (Lipinski definition) is 4. The molecule has 2 N–H and O–H groups in total. The number of nitrogens with one attached hydrogen (secondary N) is 2. The van der Waals surface area contributed by atoms with E-state index in [1.807, 2.05) is 0 Å². The van der Waals surface area contributed by atoms with Crippen molar-refractivity contribution in [3.63, 3.8) is 0 Å². The van der Waals surface area contributed by atoms with Gasteiger partial charge in [0, 0.05) is 19.3 Å². The predicted molar refractivity (Wildman–Crippen MR) is 80.1 cm³/mol. The van der Waals surface area contributed by atoms with Crippen LogP contribution in [-0.4, -0.2) is 26.5 Å². The average Bonchev–Trinajstić information content (AvgIpc) is 2.44. The van der Waals surface area contributed by atoms with Gasteiger partial charge in [0.1, 0.15) is 10.7 Å². The van der Waals surface area contributed by atoms with Gasteiger partial charge in [-0.25, -0.2) is 18.1 Å². The Hall–Kier alpha value is -1.14. The van der Waals surface area contributed by atoms with E-state index in [1.54, 1.807) is 19.2 Å². The predicted octanol–water partition coefficient (Wildman–Crippen LogP) is 2.23. The van der Waals surface area contributed by atoms with Crippen LogP contribution in [0.5, 0.6) is 0 Å². The zero-order valence-electron chi connectivity index (χ0n) is 12.3. The molecule has 1 aliphatic rings. The summed E-state index contributed by atoms with van der Waals surface area (Å²) in [6.07, 6.45) is 4.56. The van der Waals surface area contributed by atoms with Crippen LogP contribution in [0.2, 0.25) is 0 Å². The lowest BCUT2D eigenvalue weighted by Crippen LogP contribution is -2.43. The zero-order valence-corrected chi connectivity index (χ0v) is 13.1. The molecule has 2 rings (SSSR count). The van der Waals surface area contributed by atoms with E-state index in [2.05, 4.69) is 28.9 Å². The molecule has 0 aliphatic heterocycles. The fourth-order valence-electron chi connectivity index (χ4n) is 2.70. The molecule has 0 bridgehead atoms. The van der Waals surface area contributed by atoms with Crippen LogP contribution in [0.25, 0.3) is 0 Å². The quantitative estimate of drug-likeness (QED) is 0.894. The van der Waals surface area contributed by atoms with Crippen molar-refractivity contribution in [2.45, 2.75) is 44.0 Å². The normalized spacial score (nSPS) is 27.2. The molecule has 3 unspecified atom stereocenters. The molecule has 1 saturated carbocycles. The first-order valence-corrected chi connectivity index (χ1v) is 8.58. The maximum atomic E-state index is 12.4. The number of sulfonamides is 1. The van der Waals surface area contributed by atoms with Crippen molar-refractivity contribution >= 4 is 15.8 Å². The molecule has 1 heterocycles. The van der Waals surface area contributed by atoms with Crippen LogP contribution in [0.15, 0.2) is 23.2 Å². The van der Waals surface area contributed by atoms with E-state index in [4.69, 9.17) is 0 Å². The summed E-state index contributed by atoms with van der Waals surface area (Å²) in [6, 6.07) is 3.27. The molecule has 1 fully saturated rings. The first kappa shape index (κ1) is 15.3. The lowest BCUT2D eigenvalue weighted by atomic mass is 9.78. The highest BCUT2D eigenvalue weighted by atomic mass is 32.2. The van der Waals surface area contributed by atoms with E-state index in [0.29, 0.717) is 17.7 Å². The SMILES string of the molecule is CNc1ccc(S(=O)(=O)NC2CCCC(C)C2C)cn1. The van der Waals surface area contributed by atoms with Crippen molar-refractivity contribution in [1.82, 2.24) is 9.71 Å². The van der Waals surface area contributed by atoms with E-state index < -0.39 is 10.0 Å². The molecule has 3 atom stereocenters. The number of pyridine rings is 1. The summed E-state index contributed by atoms with van der Waals surface area (Å²) in [6.45, 7) is 4.31. The smallest absolute Gasteiger partial charge is 0.242 e. The molecule has 6 heteroatoms. The van der Waals surface area contributed by atoms with Gasteiger partial charge in [0.2, 0.25) is 10.0 Å². The first-order chi connectivity index (χ1) is 9.44. The Balaban J connectivity index is 2.13. The van der Waals surface area contributed by atoms with Gasteiger partial charge >= 0.3 is 0 Å². The number of anilines is 1. The van der Waals surface area contributed by atoms with Crippen molar-refractivity contribution in [2.75, 3.05) is 12.4 Å². The van der Waals surface area contributed by atoms with E-state index in [1.165, 1.54) is 12.6 Å². The Morgan fingerprint density at radius 2 is 2.00 bits per heavy atom. The van der Waals surface area contributed by atoms with Gasteiger partial charge in [-0.3, -0.25) is 0 Å². The molecule has 20 heavy (non-hydrogen) atoms. The van der Waals surface area contributed by atoms with Gasteiger partial charge in [-0.15, -0.1) is 0 Å². The Morgan fingerprint density at radius 1 is 1.25 bits per heavy atom. The van der Waals surface area contributed by atoms with Gasteiger partial charge in [0.15, 0.2) is 0 Å². The van der Waals surface area contributed by atoms with Crippen LogP contribution >= 0.6 is 0 Å². The highest BCUT2D eigenvalue weighted by Crippen LogP contribution is 2.30. The summed E-state index contributed by atoms with van der Waals surface area (Å²) in [5.74, 6) is 1.58. The summed E-state index contributed by atoms with van der Waals surface area (Å²) in [4.78, 5) is 4.28. The summed E-state index contributed by atoms with van der Waals surface area (Å²) >= 11 is 0. The van der Waals surface area contributed by atoms with E-state index >= 15 is 0 Å². The molecule has 5 nitrogen and oxygen atoms in total. The number of hydrogen-bond donors (Lipinski definition) is 2. The van der Waals surface area contributed by atoms with Crippen molar-refractivity contribution in [3.05, 3.63) is 18.3 Å². The third kappa shape index (κ3) is 3.30. The third-order valence-electron chi connectivity index (χ3n) is 4.32. The maximum Gasteiger partial charge on any atom is 0.242 e. The zero-order chi connectivity index (χ0) is 14.8. The molecule has 1 aromatic heterocycles. The maximum absolute atomic E-state index is 12.4. The second-order valence-corrected chi connectivity index (χ2v) is 7.34. The largest absolute Gasteiger partial charge is 0.373 e. The third-order valence-corrected chi connectivity index (χ3v) is 5.79. The molecule has 1 aromatic rings. The highest BCUT2D eigenvalue weighted by Gasteiger charge is 2.30. The summed E-state index contributed by atoms with van der Waals surface area (Å²) in [7, 11) is -1.73. The molecule has 0 saturated heterocycles. The number of nitrogens with zero attached hydrogens (tertiary/aromatic N) is 1. The van der Waals surface area contributed by atoms with Crippen molar-refractivity contribution < 1.29 is 8.42 Å². The van der Waals surface area contributed by atoms with Crippen molar-refractivity contribution in [3.8, 4) is 0 Å². The lowest BCUT2D eigenvalue weighted by Gasteiger charge is -2.34. The van der Waals surface area contributed by atoms with Gasteiger partial charge in [-0.05, 0) is 30.4 Å². The Bertz CT molecular complexity index is 542. The fraction of sp³-hybridized carbons (Fsp3) is 0.643. The van der Waals surface area contributed by atoms with Gasteiger partial charge in [0.25, 0.3) is 0 Å². The minimum Gasteiger partial charge on any atom is -0.373 e. The molecule has 0 spiro atoms. The fourth-order valence-corrected chi connectivity index (χ4v) is 4.01. The topological polar surface area (TPSA) is 71.1 Å². The first-order valence-electron chi connectivity index (χ1n) is 7.10. The monoisotopic (exact) mass is 297 g/mol.